The molecule has 2 aliphatic carbocycles. The summed E-state index contributed by atoms with van der Waals surface area (Å²) in [5.74, 6) is 0.153. The molecule has 3 atom stereocenters. The Bertz CT molecular complexity index is 863. The van der Waals surface area contributed by atoms with Crippen molar-refractivity contribution in [1.29, 1.82) is 0 Å². The highest BCUT2D eigenvalue weighted by Gasteiger charge is 2.60. The number of esters is 1. The van der Waals surface area contributed by atoms with Gasteiger partial charge in [0.1, 0.15) is 11.3 Å². The van der Waals surface area contributed by atoms with E-state index in [1.165, 1.54) is 11.1 Å². The molecule has 2 aromatic rings. The third kappa shape index (κ3) is 1.95. The van der Waals surface area contributed by atoms with Crippen molar-refractivity contribution in [3.63, 3.8) is 0 Å². The van der Waals surface area contributed by atoms with Gasteiger partial charge in [-0.05, 0) is 80.8 Å². The van der Waals surface area contributed by atoms with Crippen LogP contribution in [0.2, 0.25) is 0 Å². The number of fused-ring (bicyclic) bond motifs is 7. The van der Waals surface area contributed by atoms with Gasteiger partial charge in [0.2, 0.25) is 0 Å². The van der Waals surface area contributed by atoms with Gasteiger partial charge in [0, 0.05) is 13.6 Å². The summed E-state index contributed by atoms with van der Waals surface area (Å²) in [6.07, 6.45) is 1.75. The van der Waals surface area contributed by atoms with E-state index in [4.69, 9.17) is 9.47 Å². The van der Waals surface area contributed by atoms with Crippen LogP contribution in [0.1, 0.15) is 46.2 Å². The lowest BCUT2D eigenvalue weighted by Crippen LogP contribution is -2.48. The van der Waals surface area contributed by atoms with Gasteiger partial charge in [-0.2, -0.15) is 0 Å². The first-order valence-corrected chi connectivity index (χ1v) is 9.73. The normalized spacial score (nSPS) is 29.9. The Kier molecular flexibility index (Phi) is 3.05. The van der Waals surface area contributed by atoms with Crippen LogP contribution in [0.15, 0.2) is 36.4 Å². The molecule has 1 spiro atoms. The van der Waals surface area contributed by atoms with Crippen LogP contribution in [-0.2, 0) is 4.74 Å². The van der Waals surface area contributed by atoms with Crippen molar-refractivity contribution in [3.8, 4) is 5.75 Å². The minimum Gasteiger partial charge on any atom is -0.451 e. The maximum Gasteiger partial charge on any atom is 0.346 e. The Morgan fingerprint density at radius 3 is 2.70 bits per heavy atom. The number of hydrogen-bond donors (Lipinski definition) is 0. The van der Waals surface area contributed by atoms with Crippen LogP contribution in [0.5, 0.6) is 5.75 Å². The topological polar surface area (TPSA) is 35.5 Å². The monoisotopic (exact) mass is 530 g/mol. The number of benzene rings is 2. The molecule has 3 unspecified atom stereocenters. The van der Waals surface area contributed by atoms with Crippen LogP contribution in [0.3, 0.4) is 0 Å². The van der Waals surface area contributed by atoms with Gasteiger partial charge in [0.25, 0.3) is 5.79 Å². The number of ether oxygens (including phenoxy) is 2. The van der Waals surface area contributed by atoms with Crippen LogP contribution in [0, 0.1) is 7.14 Å². The van der Waals surface area contributed by atoms with Crippen molar-refractivity contribution in [1.82, 2.24) is 0 Å². The van der Waals surface area contributed by atoms with E-state index in [1.807, 2.05) is 12.1 Å². The Morgan fingerprint density at radius 1 is 1.09 bits per heavy atom. The molecule has 0 radical (unpaired) electrons. The zero-order chi connectivity index (χ0) is 15.8. The molecule has 116 valence electrons. The predicted molar refractivity (Wildman–Crippen MR) is 102 cm³/mol. The lowest BCUT2D eigenvalue weighted by Gasteiger charge is -2.41. The lowest BCUT2D eigenvalue weighted by atomic mass is 9.86. The Labute approximate surface area is 161 Å². The first-order valence-electron chi connectivity index (χ1n) is 7.57. The van der Waals surface area contributed by atoms with E-state index in [2.05, 4.69) is 69.4 Å². The largest absolute Gasteiger partial charge is 0.451 e. The van der Waals surface area contributed by atoms with Crippen molar-refractivity contribution >= 4 is 51.2 Å². The van der Waals surface area contributed by atoms with Gasteiger partial charge in [-0.1, -0.05) is 24.3 Å². The van der Waals surface area contributed by atoms with Crippen LogP contribution < -0.4 is 4.74 Å². The molecule has 1 heterocycles. The molecule has 2 bridgehead atoms. The van der Waals surface area contributed by atoms with Crippen molar-refractivity contribution in [2.75, 3.05) is 0 Å². The Morgan fingerprint density at radius 2 is 1.87 bits per heavy atom. The van der Waals surface area contributed by atoms with Crippen LogP contribution >= 0.6 is 45.2 Å². The molecule has 5 rings (SSSR count). The summed E-state index contributed by atoms with van der Waals surface area (Å²) < 4.78 is 14.2. The molecule has 0 N–H and O–H groups in total. The summed E-state index contributed by atoms with van der Waals surface area (Å²) >= 11 is 4.43. The highest BCUT2D eigenvalue weighted by molar-refractivity contribution is 14.1. The smallest absolute Gasteiger partial charge is 0.346 e. The molecule has 5 heteroatoms. The molecule has 0 saturated heterocycles. The fourth-order valence-electron chi connectivity index (χ4n) is 4.30. The fourth-order valence-corrected chi connectivity index (χ4v) is 6.31. The summed E-state index contributed by atoms with van der Waals surface area (Å²) in [6.45, 7) is 0. The molecule has 0 amide bonds. The quantitative estimate of drug-likeness (QED) is 0.363. The van der Waals surface area contributed by atoms with Gasteiger partial charge < -0.3 is 9.47 Å². The van der Waals surface area contributed by atoms with Gasteiger partial charge in [-0.3, -0.25) is 0 Å². The first-order chi connectivity index (χ1) is 11.1. The van der Waals surface area contributed by atoms with Crippen LogP contribution in [-0.4, -0.2) is 11.8 Å². The zero-order valence-corrected chi connectivity index (χ0v) is 16.3. The standard InChI is InChI=1S/C18H12I2O3/c19-10-6-14(20)16-15(7-10)22-18(23-17(16)21)8-9-5-13(18)12-4-2-1-3-11(9)12/h1-4,6-7,9,13H,5,8H2. The summed E-state index contributed by atoms with van der Waals surface area (Å²) in [5, 5.41) is 0. The second-order valence-electron chi connectivity index (χ2n) is 6.38. The zero-order valence-electron chi connectivity index (χ0n) is 12.0. The molecule has 23 heavy (non-hydrogen) atoms. The van der Waals surface area contributed by atoms with E-state index in [1.54, 1.807) is 0 Å². The molecule has 0 aromatic heterocycles. The third-order valence-corrected chi connectivity index (χ3v) is 6.64. The van der Waals surface area contributed by atoms with E-state index in [0.717, 1.165) is 20.0 Å². The van der Waals surface area contributed by atoms with Gasteiger partial charge in [0.15, 0.2) is 0 Å². The molecule has 1 fully saturated rings. The number of carbonyl (C=O) groups is 1. The lowest BCUT2D eigenvalue weighted by molar-refractivity contribution is -0.162. The van der Waals surface area contributed by atoms with Gasteiger partial charge >= 0.3 is 5.97 Å². The van der Waals surface area contributed by atoms with E-state index >= 15 is 0 Å². The van der Waals surface area contributed by atoms with E-state index in [-0.39, 0.29) is 11.9 Å². The molecule has 3 nitrogen and oxygen atoms in total. The minimum atomic E-state index is -0.823. The van der Waals surface area contributed by atoms with Gasteiger partial charge in [-0.15, -0.1) is 0 Å². The molecule has 1 aliphatic heterocycles. The molecule has 2 aromatic carbocycles. The Balaban J connectivity index is 1.63. The average Bonchev–Trinajstić information content (AvgIpc) is 3.02. The summed E-state index contributed by atoms with van der Waals surface area (Å²) in [5.41, 5.74) is 3.24. The first kappa shape index (κ1) is 14.5. The van der Waals surface area contributed by atoms with Crippen molar-refractivity contribution < 1.29 is 14.3 Å². The van der Waals surface area contributed by atoms with Crippen LogP contribution in [0.25, 0.3) is 0 Å². The highest BCUT2D eigenvalue weighted by Crippen LogP contribution is 2.61. The summed E-state index contributed by atoms with van der Waals surface area (Å²) in [7, 11) is 0. The number of carbonyl (C=O) groups excluding carboxylic acids is 1. The number of halogens is 2. The van der Waals surface area contributed by atoms with E-state index in [9.17, 15) is 4.79 Å². The second kappa shape index (κ2) is 4.84. The molecule has 1 saturated carbocycles. The maximum absolute atomic E-state index is 12.7. The maximum atomic E-state index is 12.7. The highest BCUT2D eigenvalue weighted by atomic mass is 127. The van der Waals surface area contributed by atoms with Crippen molar-refractivity contribution in [2.24, 2.45) is 0 Å². The SMILES string of the molecule is O=C1OC2(CC3CC2c2ccccc23)Oc2cc(I)cc(I)c21. The number of hydrogen-bond acceptors (Lipinski definition) is 3. The van der Waals surface area contributed by atoms with E-state index in [0.29, 0.717) is 17.2 Å². The summed E-state index contributed by atoms with van der Waals surface area (Å²) in [6, 6.07) is 12.4. The van der Waals surface area contributed by atoms with Gasteiger partial charge in [0.05, 0.1) is 5.92 Å². The van der Waals surface area contributed by atoms with Crippen molar-refractivity contribution in [3.05, 3.63) is 60.2 Å². The minimum absolute atomic E-state index is 0.135. The fraction of sp³-hybridized carbons (Fsp3) is 0.278. The Hall–Kier alpha value is -0.830. The van der Waals surface area contributed by atoms with Gasteiger partial charge in [-0.25, -0.2) is 4.79 Å². The molecular weight excluding hydrogens is 518 g/mol. The number of rotatable bonds is 0. The predicted octanol–water partition coefficient (Wildman–Crippen LogP) is 4.82. The molecule has 3 aliphatic rings. The third-order valence-electron chi connectivity index (χ3n) is 5.16. The van der Waals surface area contributed by atoms with Crippen LogP contribution in [0.4, 0.5) is 0 Å². The van der Waals surface area contributed by atoms with E-state index < -0.39 is 5.79 Å². The van der Waals surface area contributed by atoms with Crippen molar-refractivity contribution in [2.45, 2.75) is 30.5 Å². The average molecular weight is 530 g/mol. The molecular formula is C18H12I2O3. The second-order valence-corrected chi connectivity index (χ2v) is 8.79. The summed E-state index contributed by atoms with van der Waals surface area (Å²) in [4.78, 5) is 12.7.